The molecule has 0 fully saturated rings. The molecule has 18 heavy (non-hydrogen) atoms. The maximum atomic E-state index is 11.7. The molecule has 100 valence electrons. The van der Waals surface area contributed by atoms with Gasteiger partial charge >= 0.3 is 0 Å². The fraction of sp³-hybridized carbons (Fsp3) is 0.333. The highest BCUT2D eigenvalue weighted by Crippen LogP contribution is 2.11. The van der Waals surface area contributed by atoms with Crippen molar-refractivity contribution < 1.29 is 13.2 Å². The van der Waals surface area contributed by atoms with Gasteiger partial charge in [-0.25, -0.2) is 13.1 Å². The second kappa shape index (κ2) is 6.89. The minimum Gasteiger partial charge on any atom is -0.383 e. The number of ether oxygens (including phenoxy) is 1. The van der Waals surface area contributed by atoms with Gasteiger partial charge in [0, 0.05) is 23.6 Å². The molecule has 0 saturated heterocycles. The lowest BCUT2D eigenvalue weighted by atomic mass is 10.2. The van der Waals surface area contributed by atoms with Crippen molar-refractivity contribution in [3.05, 3.63) is 40.3 Å². The fourth-order valence-corrected chi connectivity index (χ4v) is 2.52. The molecule has 0 aliphatic heterocycles. The first-order chi connectivity index (χ1) is 8.43. The summed E-state index contributed by atoms with van der Waals surface area (Å²) in [5, 5.41) is 1.74. The Labute approximate surface area is 113 Å². The van der Waals surface area contributed by atoms with E-state index >= 15 is 0 Å². The Morgan fingerprint density at radius 3 is 2.56 bits per heavy atom. The Balaban J connectivity index is 2.67. The Hall–Kier alpha value is -0.880. The van der Waals surface area contributed by atoms with Crippen LogP contribution in [0.2, 0.25) is 5.02 Å². The molecular weight excluding hydrogens is 274 g/mol. The molecule has 4 nitrogen and oxygen atoms in total. The van der Waals surface area contributed by atoms with E-state index in [1.807, 2.05) is 0 Å². The van der Waals surface area contributed by atoms with E-state index in [2.05, 4.69) is 4.72 Å². The van der Waals surface area contributed by atoms with E-state index in [1.54, 1.807) is 31.2 Å². The summed E-state index contributed by atoms with van der Waals surface area (Å²) in [7, 11) is -1.93. The number of benzene rings is 1. The molecule has 1 rings (SSSR count). The molecule has 0 radical (unpaired) electrons. The SMILES string of the molecule is COC[C@H](C)NS(=O)(=O)/C=C/c1ccc(Cl)cc1. The maximum Gasteiger partial charge on any atom is 0.234 e. The van der Waals surface area contributed by atoms with E-state index in [0.29, 0.717) is 11.6 Å². The van der Waals surface area contributed by atoms with Crippen molar-refractivity contribution >= 4 is 27.7 Å². The molecule has 0 aliphatic carbocycles. The van der Waals surface area contributed by atoms with Gasteiger partial charge in [0.25, 0.3) is 0 Å². The quantitative estimate of drug-likeness (QED) is 0.874. The largest absolute Gasteiger partial charge is 0.383 e. The van der Waals surface area contributed by atoms with Crippen LogP contribution in [0.5, 0.6) is 0 Å². The Morgan fingerprint density at radius 1 is 1.39 bits per heavy atom. The average Bonchev–Trinajstić information content (AvgIpc) is 2.28. The molecule has 0 aromatic heterocycles. The number of sulfonamides is 1. The van der Waals surface area contributed by atoms with E-state index in [0.717, 1.165) is 11.0 Å². The average molecular weight is 290 g/mol. The van der Waals surface area contributed by atoms with E-state index in [4.69, 9.17) is 16.3 Å². The summed E-state index contributed by atoms with van der Waals surface area (Å²) < 4.78 is 30.7. The number of hydrogen-bond donors (Lipinski definition) is 1. The summed E-state index contributed by atoms with van der Waals surface area (Å²) in [6, 6.07) is 6.62. The second-order valence-corrected chi connectivity index (χ2v) is 5.91. The van der Waals surface area contributed by atoms with E-state index < -0.39 is 10.0 Å². The number of halogens is 1. The molecule has 0 bridgehead atoms. The minimum atomic E-state index is -3.45. The smallest absolute Gasteiger partial charge is 0.234 e. The zero-order valence-electron chi connectivity index (χ0n) is 10.3. The Bertz CT molecular complexity index is 497. The van der Waals surface area contributed by atoms with Crippen LogP contribution >= 0.6 is 11.6 Å². The van der Waals surface area contributed by atoms with Gasteiger partial charge in [-0.3, -0.25) is 0 Å². The Kier molecular flexibility index (Phi) is 5.81. The summed E-state index contributed by atoms with van der Waals surface area (Å²) >= 11 is 5.74. The van der Waals surface area contributed by atoms with Gasteiger partial charge in [0.2, 0.25) is 10.0 Å². The van der Waals surface area contributed by atoms with E-state index in [9.17, 15) is 8.42 Å². The second-order valence-electron chi connectivity index (χ2n) is 3.87. The number of hydrogen-bond acceptors (Lipinski definition) is 3. The van der Waals surface area contributed by atoms with Gasteiger partial charge in [-0.1, -0.05) is 23.7 Å². The predicted molar refractivity (Wildman–Crippen MR) is 73.9 cm³/mol. The van der Waals surface area contributed by atoms with Crippen LogP contribution in [0.4, 0.5) is 0 Å². The molecule has 6 heteroatoms. The summed E-state index contributed by atoms with van der Waals surface area (Å²) in [4.78, 5) is 0. The molecule has 0 spiro atoms. The summed E-state index contributed by atoms with van der Waals surface area (Å²) in [5.41, 5.74) is 0.768. The van der Waals surface area contributed by atoms with Crippen molar-refractivity contribution in [2.24, 2.45) is 0 Å². The van der Waals surface area contributed by atoms with Gasteiger partial charge in [-0.05, 0) is 30.7 Å². The molecule has 0 aliphatic rings. The van der Waals surface area contributed by atoms with Gasteiger partial charge in [0.15, 0.2) is 0 Å². The molecule has 0 unspecified atom stereocenters. The molecule has 0 heterocycles. The van der Waals surface area contributed by atoms with Crippen LogP contribution in [0.1, 0.15) is 12.5 Å². The van der Waals surface area contributed by atoms with Crippen molar-refractivity contribution in [3.8, 4) is 0 Å². The van der Waals surface area contributed by atoms with E-state index in [-0.39, 0.29) is 6.04 Å². The molecule has 1 atom stereocenters. The first-order valence-electron chi connectivity index (χ1n) is 5.38. The van der Waals surface area contributed by atoms with Gasteiger partial charge in [-0.2, -0.15) is 0 Å². The highest BCUT2D eigenvalue weighted by Gasteiger charge is 2.10. The lowest BCUT2D eigenvalue weighted by Gasteiger charge is -2.10. The van der Waals surface area contributed by atoms with E-state index in [1.165, 1.54) is 13.2 Å². The third kappa shape index (κ3) is 5.64. The molecular formula is C12H16ClNO3S. The normalized spacial score (nSPS) is 13.9. The first-order valence-corrected chi connectivity index (χ1v) is 7.30. The maximum absolute atomic E-state index is 11.7. The summed E-state index contributed by atoms with van der Waals surface area (Å²) in [5.74, 6) is 0. The number of rotatable bonds is 6. The topological polar surface area (TPSA) is 55.4 Å². The van der Waals surface area contributed by atoms with Gasteiger partial charge in [0.1, 0.15) is 0 Å². The minimum absolute atomic E-state index is 0.269. The lowest BCUT2D eigenvalue weighted by molar-refractivity contribution is 0.180. The number of nitrogens with one attached hydrogen (secondary N) is 1. The van der Waals surface area contributed by atoms with Crippen LogP contribution in [0, 0.1) is 0 Å². The number of methoxy groups -OCH3 is 1. The molecule has 1 aromatic rings. The lowest BCUT2D eigenvalue weighted by Crippen LogP contribution is -2.34. The first kappa shape index (κ1) is 15.2. The zero-order valence-corrected chi connectivity index (χ0v) is 11.8. The van der Waals surface area contributed by atoms with Crippen molar-refractivity contribution in [2.75, 3.05) is 13.7 Å². The molecule has 1 aromatic carbocycles. The third-order valence-corrected chi connectivity index (χ3v) is 3.57. The van der Waals surface area contributed by atoms with Gasteiger partial charge in [0.05, 0.1) is 6.61 Å². The van der Waals surface area contributed by atoms with Crippen molar-refractivity contribution in [2.45, 2.75) is 13.0 Å². The fourth-order valence-electron chi connectivity index (χ4n) is 1.35. The standard InChI is InChI=1S/C12H16ClNO3S/c1-10(9-17-2)14-18(15,16)8-7-11-3-5-12(13)6-4-11/h3-8,10,14H,9H2,1-2H3/b8-7+/t10-/m0/s1. The summed E-state index contributed by atoms with van der Waals surface area (Å²) in [6.07, 6.45) is 1.51. The van der Waals surface area contributed by atoms with Crippen LogP contribution in [0.25, 0.3) is 6.08 Å². The van der Waals surface area contributed by atoms with Crippen molar-refractivity contribution in [1.82, 2.24) is 4.72 Å². The predicted octanol–water partition coefficient (Wildman–Crippen LogP) is 2.26. The molecule has 0 amide bonds. The van der Waals surface area contributed by atoms with Crippen LogP contribution in [-0.4, -0.2) is 28.2 Å². The summed E-state index contributed by atoms with van der Waals surface area (Å²) in [6.45, 7) is 2.06. The molecule has 1 N–H and O–H groups in total. The van der Waals surface area contributed by atoms with Crippen LogP contribution in [-0.2, 0) is 14.8 Å². The Morgan fingerprint density at radius 2 is 2.00 bits per heavy atom. The van der Waals surface area contributed by atoms with Crippen molar-refractivity contribution in [1.29, 1.82) is 0 Å². The van der Waals surface area contributed by atoms with Gasteiger partial charge in [-0.15, -0.1) is 0 Å². The third-order valence-electron chi connectivity index (χ3n) is 2.09. The van der Waals surface area contributed by atoms with Gasteiger partial charge < -0.3 is 4.74 Å². The van der Waals surface area contributed by atoms with Crippen LogP contribution < -0.4 is 4.72 Å². The highest BCUT2D eigenvalue weighted by atomic mass is 35.5. The van der Waals surface area contributed by atoms with Crippen LogP contribution in [0.15, 0.2) is 29.7 Å². The highest BCUT2D eigenvalue weighted by molar-refractivity contribution is 7.92. The van der Waals surface area contributed by atoms with Crippen molar-refractivity contribution in [3.63, 3.8) is 0 Å². The molecule has 0 saturated carbocycles. The monoisotopic (exact) mass is 289 g/mol. The zero-order chi connectivity index (χ0) is 13.6. The van der Waals surface area contributed by atoms with Crippen LogP contribution in [0.3, 0.4) is 0 Å².